The Balaban J connectivity index is 1.83. The molecule has 4 heteroatoms. The Morgan fingerprint density at radius 3 is 3.00 bits per heavy atom. The molecule has 3 rings (SSSR count). The summed E-state index contributed by atoms with van der Waals surface area (Å²) in [4.78, 5) is 11.4. The maximum absolute atomic E-state index is 11.4. The fourth-order valence-electron chi connectivity index (χ4n) is 2.61. The van der Waals surface area contributed by atoms with Gasteiger partial charge in [-0.2, -0.15) is 0 Å². The van der Waals surface area contributed by atoms with Crippen molar-refractivity contribution < 1.29 is 19.0 Å². The van der Waals surface area contributed by atoms with Crippen molar-refractivity contribution in [2.45, 2.75) is 12.5 Å². The highest BCUT2D eigenvalue weighted by atomic mass is 16.7. The van der Waals surface area contributed by atoms with Gasteiger partial charge >= 0.3 is 5.97 Å². The molecule has 0 unspecified atom stereocenters. The first-order valence-corrected chi connectivity index (χ1v) is 4.72. The molecule has 3 fully saturated rings. The van der Waals surface area contributed by atoms with Gasteiger partial charge in [-0.05, 0) is 12.3 Å². The van der Waals surface area contributed by atoms with Crippen LogP contribution in [0.1, 0.15) is 6.42 Å². The van der Waals surface area contributed by atoms with Crippen LogP contribution in [0.15, 0.2) is 0 Å². The van der Waals surface area contributed by atoms with Gasteiger partial charge < -0.3 is 14.2 Å². The van der Waals surface area contributed by atoms with E-state index in [-0.39, 0.29) is 18.0 Å². The van der Waals surface area contributed by atoms with Gasteiger partial charge in [0.05, 0.1) is 19.1 Å². The smallest absolute Gasteiger partial charge is 0.310 e. The Morgan fingerprint density at radius 2 is 2.08 bits per heavy atom. The highest BCUT2D eigenvalue weighted by Crippen LogP contribution is 2.49. The van der Waals surface area contributed by atoms with Crippen LogP contribution in [0.2, 0.25) is 0 Å². The molecule has 0 aromatic heterocycles. The first-order chi connectivity index (χ1) is 6.36. The molecule has 1 aliphatic carbocycles. The van der Waals surface area contributed by atoms with Gasteiger partial charge in [0.15, 0.2) is 0 Å². The van der Waals surface area contributed by atoms with Crippen molar-refractivity contribution in [3.8, 4) is 0 Å². The molecule has 0 radical (unpaired) electrons. The summed E-state index contributed by atoms with van der Waals surface area (Å²) in [5.74, 6) is 0.843. The Labute approximate surface area is 76.1 Å². The van der Waals surface area contributed by atoms with E-state index in [2.05, 4.69) is 0 Å². The molecule has 1 saturated carbocycles. The lowest BCUT2D eigenvalue weighted by molar-refractivity contribution is -0.154. The van der Waals surface area contributed by atoms with E-state index >= 15 is 0 Å². The summed E-state index contributed by atoms with van der Waals surface area (Å²) < 4.78 is 15.7. The number of esters is 1. The van der Waals surface area contributed by atoms with Crippen LogP contribution >= 0.6 is 0 Å². The molecular weight excluding hydrogens is 172 g/mol. The van der Waals surface area contributed by atoms with Crippen LogP contribution in [-0.4, -0.2) is 32.1 Å². The largest absolute Gasteiger partial charge is 0.459 e. The van der Waals surface area contributed by atoms with Gasteiger partial charge in [0.2, 0.25) is 0 Å². The van der Waals surface area contributed by atoms with Crippen LogP contribution in [0.4, 0.5) is 0 Å². The van der Waals surface area contributed by atoms with Gasteiger partial charge in [0.25, 0.3) is 0 Å². The van der Waals surface area contributed by atoms with Crippen molar-refractivity contribution in [3.63, 3.8) is 0 Å². The van der Waals surface area contributed by atoms with Crippen LogP contribution in [0.25, 0.3) is 0 Å². The second-order valence-corrected chi connectivity index (χ2v) is 4.02. The summed E-state index contributed by atoms with van der Waals surface area (Å²) in [7, 11) is 0. The zero-order valence-corrected chi connectivity index (χ0v) is 7.27. The zero-order chi connectivity index (χ0) is 8.84. The van der Waals surface area contributed by atoms with E-state index in [9.17, 15) is 4.79 Å². The zero-order valence-electron chi connectivity index (χ0n) is 7.27. The highest BCUT2D eigenvalue weighted by molar-refractivity contribution is 5.77. The van der Waals surface area contributed by atoms with E-state index in [1.807, 2.05) is 0 Å². The fraction of sp³-hybridized carbons (Fsp3) is 0.889. The minimum Gasteiger partial charge on any atom is -0.459 e. The Hall–Kier alpha value is -0.610. The predicted octanol–water partition coefficient (Wildman–Crippen LogP) is 0.168. The van der Waals surface area contributed by atoms with Gasteiger partial charge in [-0.1, -0.05) is 0 Å². The van der Waals surface area contributed by atoms with Crippen LogP contribution in [0.5, 0.6) is 0 Å². The highest BCUT2D eigenvalue weighted by Gasteiger charge is 2.56. The number of hydrogen-bond donors (Lipinski definition) is 0. The molecule has 0 aromatic carbocycles. The average Bonchev–Trinajstić information content (AvgIpc) is 2.36. The first kappa shape index (κ1) is 7.76. The summed E-state index contributed by atoms with van der Waals surface area (Å²) in [6.07, 6.45) is 1.06. The topological polar surface area (TPSA) is 44.8 Å². The SMILES string of the molecule is O=C1O[C@@H]2COCOC[C@H]3C[C@@H]2[C@@H]13. The molecule has 2 saturated heterocycles. The Bertz CT molecular complexity index is 238. The van der Waals surface area contributed by atoms with E-state index in [0.29, 0.717) is 31.8 Å². The molecule has 0 amide bonds. The van der Waals surface area contributed by atoms with E-state index in [1.54, 1.807) is 0 Å². The van der Waals surface area contributed by atoms with Crippen molar-refractivity contribution in [2.24, 2.45) is 17.8 Å². The monoisotopic (exact) mass is 184 g/mol. The molecule has 0 spiro atoms. The van der Waals surface area contributed by atoms with Gasteiger partial charge in [-0.3, -0.25) is 4.79 Å². The number of hydrogen-bond acceptors (Lipinski definition) is 4. The van der Waals surface area contributed by atoms with Crippen molar-refractivity contribution in [1.29, 1.82) is 0 Å². The van der Waals surface area contributed by atoms with E-state index < -0.39 is 0 Å². The molecule has 4 atom stereocenters. The summed E-state index contributed by atoms with van der Waals surface area (Å²) in [6.45, 7) is 1.48. The van der Waals surface area contributed by atoms with Gasteiger partial charge in [0.1, 0.15) is 12.9 Å². The lowest BCUT2D eigenvalue weighted by Crippen LogP contribution is -2.42. The first-order valence-electron chi connectivity index (χ1n) is 4.72. The average molecular weight is 184 g/mol. The number of ether oxygens (including phenoxy) is 3. The van der Waals surface area contributed by atoms with E-state index in [0.717, 1.165) is 6.42 Å². The molecule has 2 bridgehead atoms. The molecule has 0 N–H and O–H groups in total. The Kier molecular flexibility index (Phi) is 1.60. The standard InChI is InChI=1S/C9H12O4/c10-9-8-5-1-6(8)7(13-9)3-12-4-11-2-5/h5-8H,1-4H2/t5-,6+,7-,8+/m1/s1. The summed E-state index contributed by atoms with van der Waals surface area (Å²) >= 11 is 0. The number of fused-ring (bicyclic) bond motifs is 2. The van der Waals surface area contributed by atoms with Gasteiger partial charge in [-0.15, -0.1) is 0 Å². The van der Waals surface area contributed by atoms with Crippen molar-refractivity contribution in [1.82, 2.24) is 0 Å². The van der Waals surface area contributed by atoms with Crippen molar-refractivity contribution in [2.75, 3.05) is 20.0 Å². The molecule has 4 nitrogen and oxygen atoms in total. The Morgan fingerprint density at radius 1 is 1.23 bits per heavy atom. The lowest BCUT2D eigenvalue weighted by atomic mass is 9.64. The van der Waals surface area contributed by atoms with Crippen LogP contribution in [0, 0.1) is 17.8 Å². The maximum Gasteiger partial charge on any atom is 0.310 e. The lowest BCUT2D eigenvalue weighted by Gasteiger charge is -2.36. The molecule has 13 heavy (non-hydrogen) atoms. The van der Waals surface area contributed by atoms with Crippen LogP contribution in [-0.2, 0) is 19.0 Å². The van der Waals surface area contributed by atoms with Gasteiger partial charge in [0, 0.05) is 5.92 Å². The van der Waals surface area contributed by atoms with Gasteiger partial charge in [-0.25, -0.2) is 0 Å². The van der Waals surface area contributed by atoms with Crippen LogP contribution < -0.4 is 0 Å². The fourth-order valence-corrected chi connectivity index (χ4v) is 2.61. The summed E-state index contributed by atoms with van der Waals surface area (Å²) in [5, 5.41) is 0. The number of carbonyl (C=O) groups is 1. The molecular formula is C9H12O4. The third-order valence-corrected chi connectivity index (χ3v) is 3.34. The van der Waals surface area contributed by atoms with Crippen LogP contribution in [0.3, 0.4) is 0 Å². The number of rotatable bonds is 0. The third kappa shape index (κ3) is 1.02. The second-order valence-electron chi connectivity index (χ2n) is 4.02. The van der Waals surface area contributed by atoms with Crippen molar-refractivity contribution in [3.05, 3.63) is 0 Å². The summed E-state index contributed by atoms with van der Waals surface area (Å²) in [5.41, 5.74) is 0. The molecule has 2 heterocycles. The predicted molar refractivity (Wildman–Crippen MR) is 41.7 cm³/mol. The van der Waals surface area contributed by atoms with E-state index in [1.165, 1.54) is 0 Å². The minimum absolute atomic E-state index is 0.00421. The molecule has 2 aliphatic heterocycles. The second kappa shape index (κ2) is 2.69. The molecule has 72 valence electrons. The molecule has 0 aromatic rings. The normalized spacial score (nSPS) is 48.5. The third-order valence-electron chi connectivity index (χ3n) is 3.34. The summed E-state index contributed by atoms with van der Waals surface area (Å²) in [6, 6.07) is 0. The quantitative estimate of drug-likeness (QED) is 0.503. The minimum atomic E-state index is -0.0413. The van der Waals surface area contributed by atoms with E-state index in [4.69, 9.17) is 14.2 Å². The van der Waals surface area contributed by atoms with Crippen molar-refractivity contribution >= 4 is 5.97 Å². The maximum atomic E-state index is 11.4. The molecule has 3 aliphatic rings. The number of carbonyl (C=O) groups excluding carboxylic acids is 1.